The summed E-state index contributed by atoms with van der Waals surface area (Å²) in [5.41, 5.74) is -1.33. The van der Waals surface area contributed by atoms with Crippen LogP contribution in [0.2, 0.25) is 0 Å². The molecule has 1 aliphatic rings. The van der Waals surface area contributed by atoms with Crippen molar-refractivity contribution in [2.75, 3.05) is 39.1 Å². The van der Waals surface area contributed by atoms with Crippen LogP contribution < -0.4 is 29.6 Å². The molecule has 12 nitrogen and oxygen atoms in total. The van der Waals surface area contributed by atoms with Crippen LogP contribution in [-0.2, 0) is 57.1 Å². The second kappa shape index (κ2) is 26.6. The smallest absolute Gasteiger partial charge is 1.00 e. The zero-order chi connectivity index (χ0) is 33.3. The van der Waals surface area contributed by atoms with Crippen LogP contribution in [0.1, 0.15) is 90.9 Å². The van der Waals surface area contributed by atoms with Crippen molar-refractivity contribution in [2.24, 2.45) is 5.41 Å². The molecule has 0 atom stereocenters. The molecule has 0 N–H and O–H groups in total. The molecule has 0 spiro atoms. The van der Waals surface area contributed by atoms with Crippen molar-refractivity contribution < 1.29 is 88.1 Å². The third-order valence-electron chi connectivity index (χ3n) is 5.53. The Morgan fingerprint density at radius 1 is 0.644 bits per heavy atom. The van der Waals surface area contributed by atoms with Gasteiger partial charge < -0.3 is 39.3 Å². The molecule has 1 aliphatic carbocycles. The maximum absolute atomic E-state index is 12.3. The molecule has 0 saturated heterocycles. The average Bonchev–Trinajstić information content (AvgIpc) is 2.85. The van der Waals surface area contributed by atoms with Crippen molar-refractivity contribution >= 4 is 55.7 Å². The molecule has 266 valence electrons. The molecule has 0 aliphatic heterocycles. The summed E-state index contributed by atoms with van der Waals surface area (Å²) in [6, 6.07) is 0. The Hall–Kier alpha value is -0.320. The van der Waals surface area contributed by atoms with Crippen molar-refractivity contribution in [3.63, 3.8) is 0 Å². The number of ether oxygens (including phenoxy) is 8. The Bertz CT molecular complexity index is 767. The van der Waals surface area contributed by atoms with Crippen molar-refractivity contribution in [2.45, 2.75) is 125 Å². The van der Waals surface area contributed by atoms with E-state index in [0.717, 1.165) is 0 Å². The van der Waals surface area contributed by atoms with Gasteiger partial charge in [0.1, 0.15) is 6.42 Å². The first-order chi connectivity index (χ1) is 19.4. The summed E-state index contributed by atoms with van der Waals surface area (Å²) in [5.74, 6) is -3.67. The number of hydrogen-bond donors (Lipinski definition) is 0. The number of halogens is 2. The van der Waals surface area contributed by atoms with Gasteiger partial charge in [-0.05, 0) is 55.4 Å². The predicted octanol–water partition coefficient (Wildman–Crippen LogP) is 3.09. The molecule has 0 unspecified atom stereocenters. The molecular formula is C30H59Br2NaO12. The number of hydrogen-bond acceptors (Lipinski definition) is 12. The molecule has 1 rings (SSSR count). The van der Waals surface area contributed by atoms with Crippen LogP contribution in [0.25, 0.3) is 0 Å². The van der Waals surface area contributed by atoms with E-state index >= 15 is 0 Å². The first-order valence-electron chi connectivity index (χ1n) is 13.5. The number of alkyl halides is 2. The van der Waals surface area contributed by atoms with Gasteiger partial charge in [-0.1, -0.05) is 46.7 Å². The van der Waals surface area contributed by atoms with Gasteiger partial charge in [-0.25, -0.2) is 0 Å². The molecule has 0 aromatic heterocycles. The quantitative estimate of drug-likeness (QED) is 0.0638. The molecular weight excluding hydrogens is 735 g/mol. The number of carbonyl (C=O) groups is 4. The zero-order valence-corrected chi connectivity index (χ0v) is 33.2. The fraction of sp³-hybridized carbons (Fsp3) is 0.867. The van der Waals surface area contributed by atoms with Crippen LogP contribution in [0.5, 0.6) is 0 Å². The van der Waals surface area contributed by atoms with Gasteiger partial charge >= 0.3 is 53.4 Å². The molecule has 0 amide bonds. The van der Waals surface area contributed by atoms with E-state index in [0.29, 0.717) is 10.7 Å². The number of esters is 4. The van der Waals surface area contributed by atoms with Crippen molar-refractivity contribution in [1.29, 1.82) is 0 Å². The topological polar surface area (TPSA) is 142 Å². The average molecular weight is 795 g/mol. The van der Waals surface area contributed by atoms with Crippen LogP contribution in [0.3, 0.4) is 0 Å². The molecule has 0 aromatic rings. The fourth-order valence-electron chi connectivity index (χ4n) is 3.33. The van der Waals surface area contributed by atoms with Gasteiger partial charge in [0.25, 0.3) is 0 Å². The van der Waals surface area contributed by atoms with E-state index in [1.54, 1.807) is 69.6 Å². The Morgan fingerprint density at radius 2 is 0.933 bits per heavy atom. The molecule has 45 heavy (non-hydrogen) atoms. The third-order valence-corrected chi connectivity index (χ3v) is 7.24. The second-order valence-electron chi connectivity index (χ2n) is 10.5. The minimum absolute atomic E-state index is 0. The number of rotatable bonds is 14. The van der Waals surface area contributed by atoms with Crippen LogP contribution in [0.15, 0.2) is 0 Å². The Morgan fingerprint density at radius 3 is 1.11 bits per heavy atom. The van der Waals surface area contributed by atoms with Crippen molar-refractivity contribution in [1.82, 2.24) is 0 Å². The summed E-state index contributed by atoms with van der Waals surface area (Å²) < 4.78 is 40.5. The van der Waals surface area contributed by atoms with Crippen LogP contribution in [-0.4, -0.2) is 99.0 Å². The number of methoxy groups -OCH3 is 4. The summed E-state index contributed by atoms with van der Waals surface area (Å²) in [4.78, 5) is 46.4. The third kappa shape index (κ3) is 19.9. The van der Waals surface area contributed by atoms with Crippen LogP contribution in [0.4, 0.5) is 0 Å². The maximum Gasteiger partial charge on any atom is 1.00 e. The van der Waals surface area contributed by atoms with Gasteiger partial charge in [0.15, 0.2) is 17.0 Å². The van der Waals surface area contributed by atoms with Crippen molar-refractivity contribution in [3.05, 3.63) is 0 Å². The normalized spacial score (nSPS) is 14.1. The first-order valence-corrected chi connectivity index (χ1v) is 15.7. The van der Waals surface area contributed by atoms with Gasteiger partial charge in [0, 0.05) is 41.3 Å². The van der Waals surface area contributed by atoms with Crippen LogP contribution in [0, 0.1) is 5.41 Å². The Balaban J connectivity index is -0.000000135. The molecule has 0 bridgehead atoms. The maximum atomic E-state index is 12.3. The van der Waals surface area contributed by atoms with E-state index in [2.05, 4.69) is 31.9 Å². The molecule has 0 radical (unpaired) electrons. The van der Waals surface area contributed by atoms with Gasteiger partial charge in [-0.15, -0.1) is 0 Å². The van der Waals surface area contributed by atoms with E-state index in [1.807, 2.05) is 0 Å². The minimum Gasteiger partial charge on any atom is -1.00 e. The molecule has 0 aromatic carbocycles. The Labute approximate surface area is 312 Å². The summed E-state index contributed by atoms with van der Waals surface area (Å²) >= 11 is 6.55. The molecule has 1 saturated carbocycles. The van der Waals surface area contributed by atoms with Gasteiger partial charge in [0.2, 0.25) is 0 Å². The van der Waals surface area contributed by atoms with E-state index in [9.17, 15) is 19.2 Å². The van der Waals surface area contributed by atoms with Gasteiger partial charge in [0.05, 0.1) is 35.1 Å². The standard InChI is InChI=1S/C14H24O6.C9H16O4.C5H10Br2O2.2CH4.Na.H/c1-9(2)19-11(15)13(12(16)20-10(3)4)7-14(8-13,17-5)18-6;1-6(2)12-8(10)5-9(11)13-7(3)4;1-8-5(3-6,4-7)9-2;;;;/h9-10H,7-8H2,1-6H3;6-7H,5H2,1-4H3;3-4H2,1-2H3;2*1H4;;/q;;;;;+1;-1. The van der Waals surface area contributed by atoms with Crippen LogP contribution >= 0.6 is 31.9 Å². The predicted molar refractivity (Wildman–Crippen MR) is 177 cm³/mol. The van der Waals surface area contributed by atoms with Gasteiger partial charge in [-0.2, -0.15) is 0 Å². The summed E-state index contributed by atoms with van der Waals surface area (Å²) in [6.07, 6.45) is -1.10. The van der Waals surface area contributed by atoms with E-state index in [4.69, 9.17) is 37.9 Å². The van der Waals surface area contributed by atoms with E-state index in [1.165, 1.54) is 14.2 Å². The molecule has 15 heteroatoms. The zero-order valence-electron chi connectivity index (χ0n) is 29.0. The Kier molecular flexibility index (Phi) is 32.0. The summed E-state index contributed by atoms with van der Waals surface area (Å²) in [5, 5.41) is 1.33. The summed E-state index contributed by atoms with van der Waals surface area (Å²) in [6.45, 7) is 13.8. The number of carbonyl (C=O) groups excluding carboxylic acids is 4. The van der Waals surface area contributed by atoms with E-state index < -0.39 is 40.9 Å². The molecule has 0 heterocycles. The monoisotopic (exact) mass is 792 g/mol. The largest absolute Gasteiger partial charge is 1.00 e. The van der Waals surface area contributed by atoms with E-state index in [-0.39, 0.29) is 89.5 Å². The first kappa shape index (κ1) is 54.1. The second-order valence-corrected chi connectivity index (χ2v) is 11.6. The van der Waals surface area contributed by atoms with Gasteiger partial charge in [-0.3, -0.25) is 19.2 Å². The minimum atomic E-state index is -1.33. The fourth-order valence-corrected chi connectivity index (χ4v) is 5.17. The molecule has 1 fully saturated rings. The van der Waals surface area contributed by atoms with Crippen molar-refractivity contribution in [3.8, 4) is 0 Å². The SMILES string of the molecule is C.C.CC(C)OC(=O)CC(=O)OC(C)C.COC(CBr)(CBr)OC.COC1(OC)CC(C(=O)OC(C)C)(C(=O)OC(C)C)C1.[H-].[Na+]. The summed E-state index contributed by atoms with van der Waals surface area (Å²) in [7, 11) is 6.20.